The van der Waals surface area contributed by atoms with Gasteiger partial charge in [0.15, 0.2) is 0 Å². The van der Waals surface area contributed by atoms with Crippen LogP contribution in [0.15, 0.2) is 54.9 Å². The summed E-state index contributed by atoms with van der Waals surface area (Å²) in [4.78, 5) is 4.40. The predicted octanol–water partition coefficient (Wildman–Crippen LogP) is 4.09. The Morgan fingerprint density at radius 1 is 1.10 bits per heavy atom. The molecule has 1 aromatic heterocycles. The molecular formula is C17H19N3. The van der Waals surface area contributed by atoms with Crippen molar-refractivity contribution in [3.8, 4) is 5.69 Å². The highest BCUT2D eigenvalue weighted by Crippen LogP contribution is 2.21. The second-order valence-electron chi connectivity index (χ2n) is 5.43. The summed E-state index contributed by atoms with van der Waals surface area (Å²) in [7, 11) is 0. The van der Waals surface area contributed by atoms with E-state index in [9.17, 15) is 0 Å². The van der Waals surface area contributed by atoms with E-state index >= 15 is 0 Å². The fourth-order valence-electron chi connectivity index (χ4n) is 2.26. The molecule has 3 nitrogen and oxygen atoms in total. The van der Waals surface area contributed by atoms with Gasteiger partial charge >= 0.3 is 0 Å². The van der Waals surface area contributed by atoms with E-state index in [2.05, 4.69) is 71.2 Å². The van der Waals surface area contributed by atoms with E-state index in [0.717, 1.165) is 18.2 Å². The molecule has 0 aliphatic heterocycles. The molecule has 0 fully saturated rings. The Labute approximate surface area is 119 Å². The molecule has 1 N–H and O–H groups in total. The third-order valence-corrected chi connectivity index (χ3v) is 3.32. The lowest BCUT2D eigenvalue weighted by Crippen LogP contribution is -2.11. The number of nitrogens with one attached hydrogen (secondary N) is 1. The van der Waals surface area contributed by atoms with Gasteiger partial charge in [0, 0.05) is 24.6 Å². The number of rotatable bonds is 4. The molecule has 0 unspecified atom stereocenters. The molecule has 0 aliphatic carbocycles. The van der Waals surface area contributed by atoms with Gasteiger partial charge < -0.3 is 5.32 Å². The molecular weight excluding hydrogens is 246 g/mol. The van der Waals surface area contributed by atoms with Crippen LogP contribution in [0.5, 0.6) is 0 Å². The van der Waals surface area contributed by atoms with Crippen molar-refractivity contribution in [2.45, 2.75) is 13.8 Å². The maximum atomic E-state index is 4.40. The van der Waals surface area contributed by atoms with Crippen molar-refractivity contribution in [1.29, 1.82) is 0 Å². The van der Waals surface area contributed by atoms with Crippen molar-refractivity contribution in [1.82, 2.24) is 9.55 Å². The number of nitrogens with zero attached hydrogens (tertiary/aromatic N) is 2. The monoisotopic (exact) mass is 265 g/mol. The minimum absolute atomic E-state index is 0.594. The lowest BCUT2D eigenvalue weighted by Gasteiger charge is -2.12. The number of hydrogen-bond donors (Lipinski definition) is 1. The first-order valence-corrected chi connectivity index (χ1v) is 7.00. The average molecular weight is 265 g/mol. The molecule has 2 aromatic carbocycles. The van der Waals surface area contributed by atoms with Gasteiger partial charge in [0.05, 0.1) is 0 Å². The standard InChI is InChI=1S/C17H19N3/c1-13(2)12-19-17-18-9-10-20(17)16-8-7-14-5-3-4-6-15(14)11-16/h3-11,13H,12H2,1-2H3,(H,18,19). The van der Waals surface area contributed by atoms with E-state index in [1.54, 1.807) is 0 Å². The molecule has 0 bridgehead atoms. The molecule has 3 rings (SSSR count). The normalized spacial score (nSPS) is 11.2. The average Bonchev–Trinajstić information content (AvgIpc) is 2.93. The van der Waals surface area contributed by atoms with Crippen LogP contribution in [-0.2, 0) is 0 Å². The molecule has 0 amide bonds. The molecule has 0 aliphatic rings. The van der Waals surface area contributed by atoms with Crippen LogP contribution in [0.25, 0.3) is 16.5 Å². The van der Waals surface area contributed by atoms with E-state index < -0.39 is 0 Å². The Morgan fingerprint density at radius 2 is 1.90 bits per heavy atom. The fraction of sp³-hybridized carbons (Fsp3) is 0.235. The quantitative estimate of drug-likeness (QED) is 0.770. The summed E-state index contributed by atoms with van der Waals surface area (Å²) in [5, 5.41) is 5.89. The number of hydrogen-bond acceptors (Lipinski definition) is 2. The maximum Gasteiger partial charge on any atom is 0.207 e. The topological polar surface area (TPSA) is 29.9 Å². The van der Waals surface area contributed by atoms with Gasteiger partial charge in [0.1, 0.15) is 0 Å². The van der Waals surface area contributed by atoms with Gasteiger partial charge in [-0.05, 0) is 28.8 Å². The molecule has 3 aromatic rings. The number of fused-ring (bicyclic) bond motifs is 1. The number of anilines is 1. The Hall–Kier alpha value is -2.29. The van der Waals surface area contributed by atoms with Crippen LogP contribution in [-0.4, -0.2) is 16.1 Å². The lowest BCUT2D eigenvalue weighted by molar-refractivity contribution is 0.683. The highest BCUT2D eigenvalue weighted by molar-refractivity contribution is 5.84. The van der Waals surface area contributed by atoms with Crippen LogP contribution in [0, 0.1) is 5.92 Å². The molecule has 0 saturated carbocycles. The largest absolute Gasteiger partial charge is 0.355 e. The zero-order valence-corrected chi connectivity index (χ0v) is 11.9. The van der Waals surface area contributed by atoms with Gasteiger partial charge in [0.2, 0.25) is 5.95 Å². The van der Waals surface area contributed by atoms with Gasteiger partial charge in [-0.15, -0.1) is 0 Å². The minimum Gasteiger partial charge on any atom is -0.355 e. The Morgan fingerprint density at radius 3 is 2.70 bits per heavy atom. The van der Waals surface area contributed by atoms with E-state index in [4.69, 9.17) is 0 Å². The van der Waals surface area contributed by atoms with Crippen molar-refractivity contribution >= 4 is 16.7 Å². The second kappa shape index (κ2) is 5.37. The predicted molar refractivity (Wildman–Crippen MR) is 84.4 cm³/mol. The first-order chi connectivity index (χ1) is 9.74. The summed E-state index contributed by atoms with van der Waals surface area (Å²) in [6.07, 6.45) is 3.82. The summed E-state index contributed by atoms with van der Waals surface area (Å²) >= 11 is 0. The third-order valence-electron chi connectivity index (χ3n) is 3.32. The zero-order valence-electron chi connectivity index (χ0n) is 11.9. The van der Waals surface area contributed by atoms with Gasteiger partial charge in [0.25, 0.3) is 0 Å². The number of aromatic nitrogens is 2. The molecule has 0 atom stereocenters. The molecule has 0 saturated heterocycles. The number of benzene rings is 2. The molecule has 20 heavy (non-hydrogen) atoms. The Kier molecular flexibility index (Phi) is 3.42. The van der Waals surface area contributed by atoms with E-state index in [0.29, 0.717) is 5.92 Å². The van der Waals surface area contributed by atoms with Crippen molar-refractivity contribution in [3.05, 3.63) is 54.9 Å². The van der Waals surface area contributed by atoms with Crippen LogP contribution in [0.1, 0.15) is 13.8 Å². The summed E-state index contributed by atoms with van der Waals surface area (Å²) in [6, 6.07) is 14.9. The highest BCUT2D eigenvalue weighted by atomic mass is 15.2. The SMILES string of the molecule is CC(C)CNc1nccn1-c1ccc2ccccc2c1. The molecule has 0 spiro atoms. The highest BCUT2D eigenvalue weighted by Gasteiger charge is 2.05. The summed E-state index contributed by atoms with van der Waals surface area (Å²) in [5.74, 6) is 1.49. The maximum absolute atomic E-state index is 4.40. The fourth-order valence-corrected chi connectivity index (χ4v) is 2.26. The summed E-state index contributed by atoms with van der Waals surface area (Å²) in [6.45, 7) is 5.30. The third kappa shape index (κ3) is 2.52. The minimum atomic E-state index is 0.594. The zero-order chi connectivity index (χ0) is 13.9. The Balaban J connectivity index is 1.96. The van der Waals surface area contributed by atoms with Crippen molar-refractivity contribution in [2.75, 3.05) is 11.9 Å². The first kappa shape index (κ1) is 12.7. The Bertz CT molecular complexity index is 713. The van der Waals surface area contributed by atoms with E-state index in [1.807, 2.05) is 12.4 Å². The van der Waals surface area contributed by atoms with Crippen LogP contribution < -0.4 is 5.32 Å². The van der Waals surface area contributed by atoms with Crippen LogP contribution in [0.4, 0.5) is 5.95 Å². The van der Waals surface area contributed by atoms with E-state index in [1.165, 1.54) is 10.8 Å². The van der Waals surface area contributed by atoms with Gasteiger partial charge in [-0.25, -0.2) is 4.98 Å². The second-order valence-corrected chi connectivity index (χ2v) is 5.43. The van der Waals surface area contributed by atoms with Crippen molar-refractivity contribution in [3.63, 3.8) is 0 Å². The molecule has 102 valence electrons. The lowest BCUT2D eigenvalue weighted by atomic mass is 10.1. The van der Waals surface area contributed by atoms with Gasteiger partial charge in [-0.1, -0.05) is 44.2 Å². The summed E-state index contributed by atoms with van der Waals surface area (Å²) < 4.78 is 2.09. The molecule has 3 heteroatoms. The molecule has 0 radical (unpaired) electrons. The number of imidazole rings is 1. The van der Waals surface area contributed by atoms with E-state index in [-0.39, 0.29) is 0 Å². The summed E-state index contributed by atoms with van der Waals surface area (Å²) in [5.41, 5.74) is 1.13. The first-order valence-electron chi connectivity index (χ1n) is 7.00. The van der Waals surface area contributed by atoms with Crippen LogP contribution in [0.3, 0.4) is 0 Å². The van der Waals surface area contributed by atoms with Crippen molar-refractivity contribution < 1.29 is 0 Å². The van der Waals surface area contributed by atoms with Gasteiger partial charge in [-0.3, -0.25) is 4.57 Å². The van der Waals surface area contributed by atoms with Crippen LogP contribution >= 0.6 is 0 Å². The smallest absolute Gasteiger partial charge is 0.207 e. The molecule has 1 heterocycles. The van der Waals surface area contributed by atoms with Crippen molar-refractivity contribution in [2.24, 2.45) is 5.92 Å². The van der Waals surface area contributed by atoms with Crippen LogP contribution in [0.2, 0.25) is 0 Å². The van der Waals surface area contributed by atoms with Gasteiger partial charge in [-0.2, -0.15) is 0 Å².